The second-order valence-electron chi connectivity index (χ2n) is 3.67. The molecular formula is C12H16N2O4. The number of hydrogen-bond donors (Lipinski definition) is 2. The fraction of sp³-hybridized carbons (Fsp3) is 0.333. The minimum atomic E-state index is -1.06. The van der Waals surface area contributed by atoms with Crippen LogP contribution in [0.2, 0.25) is 0 Å². The van der Waals surface area contributed by atoms with Gasteiger partial charge >= 0.3 is 5.97 Å². The Hall–Kier alpha value is -2.24. The van der Waals surface area contributed by atoms with Crippen LogP contribution in [0.5, 0.6) is 5.75 Å². The summed E-state index contributed by atoms with van der Waals surface area (Å²) >= 11 is 0. The normalized spacial score (nSPS) is 9.89. The Labute approximate surface area is 105 Å². The number of likely N-dealkylation sites (N-methyl/N-ethyl adjacent to an activating group) is 1. The number of carboxylic acid groups (broad SMARTS) is 1. The zero-order chi connectivity index (χ0) is 13.7. The molecule has 0 fully saturated rings. The Morgan fingerprint density at radius 3 is 2.61 bits per heavy atom. The highest BCUT2D eigenvalue weighted by Gasteiger charge is 2.20. The molecule has 0 aliphatic rings. The molecule has 3 N–H and O–H groups in total. The van der Waals surface area contributed by atoms with Crippen molar-refractivity contribution in [3.8, 4) is 5.75 Å². The number of hydrogen-bond acceptors (Lipinski definition) is 4. The van der Waals surface area contributed by atoms with Gasteiger partial charge in [0.25, 0.3) is 5.91 Å². The third-order valence-corrected chi connectivity index (χ3v) is 2.45. The summed E-state index contributed by atoms with van der Waals surface area (Å²) in [5.74, 6) is -1.11. The standard InChI is InChI=1S/C12H16N2O4/c1-3-14(7-11(15)16)12(17)9-5-4-8(13)6-10(9)18-2/h4-6H,3,7,13H2,1-2H3,(H,15,16). The summed E-state index contributed by atoms with van der Waals surface area (Å²) in [6.45, 7) is 1.67. The van der Waals surface area contributed by atoms with Gasteiger partial charge in [-0.1, -0.05) is 0 Å². The molecule has 1 aromatic carbocycles. The van der Waals surface area contributed by atoms with Crippen molar-refractivity contribution in [2.45, 2.75) is 6.92 Å². The van der Waals surface area contributed by atoms with Crippen LogP contribution in [0.3, 0.4) is 0 Å². The summed E-state index contributed by atoms with van der Waals surface area (Å²) in [7, 11) is 1.43. The van der Waals surface area contributed by atoms with Crippen molar-refractivity contribution in [2.24, 2.45) is 0 Å². The Bertz CT molecular complexity index is 459. The predicted molar refractivity (Wildman–Crippen MR) is 66.6 cm³/mol. The number of nitrogen functional groups attached to an aromatic ring is 1. The van der Waals surface area contributed by atoms with Gasteiger partial charge in [-0.3, -0.25) is 9.59 Å². The zero-order valence-electron chi connectivity index (χ0n) is 10.3. The van der Waals surface area contributed by atoms with Crippen LogP contribution >= 0.6 is 0 Å². The quantitative estimate of drug-likeness (QED) is 0.757. The fourth-order valence-corrected chi connectivity index (χ4v) is 1.55. The highest BCUT2D eigenvalue weighted by Crippen LogP contribution is 2.22. The number of carbonyl (C=O) groups is 2. The van der Waals surface area contributed by atoms with E-state index in [1.165, 1.54) is 24.1 Å². The lowest BCUT2D eigenvalue weighted by Gasteiger charge is -2.20. The van der Waals surface area contributed by atoms with Crippen molar-refractivity contribution in [1.82, 2.24) is 4.90 Å². The van der Waals surface area contributed by atoms with Gasteiger partial charge in [-0.25, -0.2) is 0 Å². The van der Waals surface area contributed by atoms with E-state index in [2.05, 4.69) is 0 Å². The van der Waals surface area contributed by atoms with Gasteiger partial charge in [-0.15, -0.1) is 0 Å². The molecule has 1 rings (SSSR count). The molecule has 0 saturated heterocycles. The van der Waals surface area contributed by atoms with Gasteiger partial charge < -0.3 is 20.5 Å². The maximum atomic E-state index is 12.1. The van der Waals surface area contributed by atoms with E-state index in [1.807, 2.05) is 0 Å². The van der Waals surface area contributed by atoms with E-state index in [4.69, 9.17) is 15.6 Å². The van der Waals surface area contributed by atoms with Crippen molar-refractivity contribution in [2.75, 3.05) is 25.9 Å². The molecule has 0 spiro atoms. The van der Waals surface area contributed by atoms with Crippen molar-refractivity contribution in [3.63, 3.8) is 0 Å². The largest absolute Gasteiger partial charge is 0.496 e. The third kappa shape index (κ3) is 3.13. The van der Waals surface area contributed by atoms with Gasteiger partial charge in [-0.05, 0) is 19.1 Å². The van der Waals surface area contributed by atoms with E-state index in [0.717, 1.165) is 0 Å². The number of carboxylic acids is 1. The van der Waals surface area contributed by atoms with Crippen LogP contribution in [0.1, 0.15) is 17.3 Å². The Morgan fingerprint density at radius 1 is 1.44 bits per heavy atom. The van der Waals surface area contributed by atoms with Gasteiger partial charge in [-0.2, -0.15) is 0 Å². The van der Waals surface area contributed by atoms with Gasteiger partial charge in [0, 0.05) is 18.3 Å². The average molecular weight is 252 g/mol. The van der Waals surface area contributed by atoms with Crippen molar-refractivity contribution < 1.29 is 19.4 Å². The number of ether oxygens (including phenoxy) is 1. The number of rotatable bonds is 5. The van der Waals surface area contributed by atoms with Crippen LogP contribution in [0.25, 0.3) is 0 Å². The summed E-state index contributed by atoms with van der Waals surface area (Å²) < 4.78 is 5.07. The number of anilines is 1. The van der Waals surface area contributed by atoms with Crippen molar-refractivity contribution >= 4 is 17.6 Å². The van der Waals surface area contributed by atoms with Crippen LogP contribution in [-0.2, 0) is 4.79 Å². The van der Waals surface area contributed by atoms with Gasteiger partial charge in [0.05, 0.1) is 12.7 Å². The van der Waals surface area contributed by atoms with Gasteiger partial charge in [0.1, 0.15) is 12.3 Å². The van der Waals surface area contributed by atoms with Crippen LogP contribution in [0.4, 0.5) is 5.69 Å². The monoisotopic (exact) mass is 252 g/mol. The van der Waals surface area contributed by atoms with E-state index in [0.29, 0.717) is 23.5 Å². The minimum Gasteiger partial charge on any atom is -0.496 e. The number of nitrogens with zero attached hydrogens (tertiary/aromatic N) is 1. The molecular weight excluding hydrogens is 236 g/mol. The van der Waals surface area contributed by atoms with Crippen molar-refractivity contribution in [3.05, 3.63) is 23.8 Å². The molecule has 0 bridgehead atoms. The first-order valence-electron chi connectivity index (χ1n) is 5.44. The van der Waals surface area contributed by atoms with E-state index < -0.39 is 11.9 Å². The molecule has 0 saturated carbocycles. The molecule has 6 nitrogen and oxygen atoms in total. The average Bonchev–Trinajstić information content (AvgIpc) is 2.34. The molecule has 0 atom stereocenters. The lowest BCUT2D eigenvalue weighted by atomic mass is 10.1. The smallest absolute Gasteiger partial charge is 0.323 e. The molecule has 0 aliphatic carbocycles. The first kappa shape index (κ1) is 13.8. The van der Waals surface area contributed by atoms with Gasteiger partial charge in [0.2, 0.25) is 0 Å². The molecule has 6 heteroatoms. The SMILES string of the molecule is CCN(CC(=O)O)C(=O)c1ccc(N)cc1OC. The summed E-state index contributed by atoms with van der Waals surface area (Å²) in [5.41, 5.74) is 6.37. The summed E-state index contributed by atoms with van der Waals surface area (Å²) in [6.07, 6.45) is 0. The minimum absolute atomic E-state index is 0.301. The first-order chi connectivity index (χ1) is 8.49. The summed E-state index contributed by atoms with van der Waals surface area (Å²) in [4.78, 5) is 24.0. The van der Waals surface area contributed by atoms with E-state index in [9.17, 15) is 9.59 Å². The maximum absolute atomic E-state index is 12.1. The number of benzene rings is 1. The molecule has 1 aromatic rings. The molecule has 1 amide bonds. The van der Waals surface area contributed by atoms with Crippen molar-refractivity contribution in [1.29, 1.82) is 0 Å². The molecule has 18 heavy (non-hydrogen) atoms. The molecule has 0 heterocycles. The van der Waals surface area contributed by atoms with Crippen LogP contribution in [0, 0.1) is 0 Å². The second kappa shape index (κ2) is 5.90. The van der Waals surface area contributed by atoms with Gasteiger partial charge in [0.15, 0.2) is 0 Å². The fourth-order valence-electron chi connectivity index (χ4n) is 1.55. The van der Waals surface area contributed by atoms with Crippen LogP contribution < -0.4 is 10.5 Å². The van der Waals surface area contributed by atoms with Crippen LogP contribution in [-0.4, -0.2) is 42.1 Å². The highest BCUT2D eigenvalue weighted by atomic mass is 16.5. The van der Waals surface area contributed by atoms with E-state index >= 15 is 0 Å². The summed E-state index contributed by atoms with van der Waals surface area (Å²) in [6, 6.07) is 4.63. The zero-order valence-corrected chi connectivity index (χ0v) is 10.3. The number of aliphatic carboxylic acids is 1. The third-order valence-electron chi connectivity index (χ3n) is 2.45. The lowest BCUT2D eigenvalue weighted by molar-refractivity contribution is -0.137. The predicted octanol–water partition coefficient (Wildman–Crippen LogP) is 0.824. The number of carbonyl (C=O) groups excluding carboxylic acids is 1. The molecule has 0 radical (unpaired) electrons. The van der Waals surface area contributed by atoms with E-state index in [-0.39, 0.29) is 6.54 Å². The number of methoxy groups -OCH3 is 1. The molecule has 0 aromatic heterocycles. The number of amides is 1. The van der Waals surface area contributed by atoms with E-state index in [1.54, 1.807) is 13.0 Å². The Balaban J connectivity index is 3.04. The van der Waals surface area contributed by atoms with Crippen LogP contribution in [0.15, 0.2) is 18.2 Å². The maximum Gasteiger partial charge on any atom is 0.323 e. The molecule has 0 aliphatic heterocycles. The molecule has 98 valence electrons. The topological polar surface area (TPSA) is 92.9 Å². The lowest BCUT2D eigenvalue weighted by Crippen LogP contribution is -2.35. The molecule has 0 unspecified atom stereocenters. The summed E-state index contributed by atoms with van der Waals surface area (Å²) in [5, 5.41) is 8.74. The Morgan fingerprint density at radius 2 is 2.11 bits per heavy atom. The second-order valence-corrected chi connectivity index (χ2v) is 3.67. The highest BCUT2D eigenvalue weighted by molar-refractivity contribution is 5.98. The first-order valence-corrected chi connectivity index (χ1v) is 5.44. The number of nitrogens with two attached hydrogens (primary N) is 1. The Kier molecular flexibility index (Phi) is 4.53.